The molecule has 3 aromatic rings. The van der Waals surface area contributed by atoms with Crippen LogP contribution < -0.4 is 0 Å². The van der Waals surface area contributed by atoms with Gasteiger partial charge in [0.25, 0.3) is 11.7 Å². The molecule has 1 saturated heterocycles. The number of carbonyl (C=O) groups is 2. The second kappa shape index (κ2) is 8.65. The van der Waals surface area contributed by atoms with E-state index in [1.54, 1.807) is 6.07 Å². The van der Waals surface area contributed by atoms with E-state index in [4.69, 9.17) is 4.74 Å². The van der Waals surface area contributed by atoms with E-state index >= 15 is 0 Å². The third-order valence-corrected chi connectivity index (χ3v) is 6.59. The Labute approximate surface area is 185 Å². The van der Waals surface area contributed by atoms with Gasteiger partial charge in [-0.05, 0) is 48.6 Å². The van der Waals surface area contributed by atoms with Gasteiger partial charge in [-0.15, -0.1) is 11.3 Å². The summed E-state index contributed by atoms with van der Waals surface area (Å²) in [6, 6.07) is 14.6. The average Bonchev–Trinajstić information content (AvgIpc) is 3.28. The molecule has 4 rings (SSSR count). The lowest BCUT2D eigenvalue weighted by Crippen LogP contribution is -2.33. The summed E-state index contributed by atoms with van der Waals surface area (Å²) in [6.07, 6.45) is 0.0226. The van der Waals surface area contributed by atoms with Gasteiger partial charge in [0.15, 0.2) is 0 Å². The molecule has 6 heteroatoms. The molecule has 1 amide bonds. The summed E-state index contributed by atoms with van der Waals surface area (Å²) >= 11 is 1.48. The number of rotatable bonds is 6. The summed E-state index contributed by atoms with van der Waals surface area (Å²) in [7, 11) is 0. The maximum absolute atomic E-state index is 13.1. The Morgan fingerprint density at radius 2 is 1.87 bits per heavy atom. The van der Waals surface area contributed by atoms with E-state index in [1.165, 1.54) is 16.2 Å². The SMILES string of the molecule is Cc1ccsc1C1/C(=C(\O)c2cccc3ccccc23)C(=O)C(=O)N1CCOC(C)C. The Morgan fingerprint density at radius 1 is 1.13 bits per heavy atom. The minimum absolute atomic E-state index is 0.0226. The van der Waals surface area contributed by atoms with Crippen LogP contribution in [0.2, 0.25) is 0 Å². The Morgan fingerprint density at radius 3 is 2.58 bits per heavy atom. The number of benzene rings is 2. The monoisotopic (exact) mass is 435 g/mol. The van der Waals surface area contributed by atoms with Crippen LogP contribution in [0.25, 0.3) is 16.5 Å². The third-order valence-electron chi connectivity index (χ3n) is 5.52. The van der Waals surface area contributed by atoms with Crippen LogP contribution in [0.5, 0.6) is 0 Å². The van der Waals surface area contributed by atoms with Gasteiger partial charge in [0.1, 0.15) is 5.76 Å². The lowest BCUT2D eigenvalue weighted by Gasteiger charge is -2.25. The van der Waals surface area contributed by atoms with Gasteiger partial charge in [0.05, 0.1) is 24.3 Å². The number of likely N-dealkylation sites (tertiary alicyclic amines) is 1. The van der Waals surface area contributed by atoms with Gasteiger partial charge in [0, 0.05) is 17.0 Å². The quantitative estimate of drug-likeness (QED) is 0.334. The smallest absolute Gasteiger partial charge is 0.295 e. The summed E-state index contributed by atoms with van der Waals surface area (Å²) in [6.45, 7) is 6.40. The number of aliphatic hydroxyl groups is 1. The van der Waals surface area contributed by atoms with Crippen molar-refractivity contribution in [2.45, 2.75) is 32.9 Å². The molecule has 0 saturated carbocycles. The summed E-state index contributed by atoms with van der Waals surface area (Å²) in [5, 5.41) is 15.1. The first-order valence-electron chi connectivity index (χ1n) is 10.3. The summed E-state index contributed by atoms with van der Waals surface area (Å²) < 4.78 is 5.64. The number of aryl methyl sites for hydroxylation is 1. The predicted molar refractivity (Wildman–Crippen MR) is 123 cm³/mol. The fourth-order valence-electron chi connectivity index (χ4n) is 4.01. The normalized spacial score (nSPS) is 18.5. The molecule has 1 N–H and O–H groups in total. The fraction of sp³-hybridized carbons (Fsp3) is 0.280. The maximum Gasteiger partial charge on any atom is 0.295 e. The predicted octanol–water partition coefficient (Wildman–Crippen LogP) is 5.06. The minimum Gasteiger partial charge on any atom is -0.507 e. The van der Waals surface area contributed by atoms with Gasteiger partial charge in [-0.3, -0.25) is 9.59 Å². The molecule has 5 nitrogen and oxygen atoms in total. The van der Waals surface area contributed by atoms with Gasteiger partial charge < -0.3 is 14.7 Å². The third kappa shape index (κ3) is 3.89. The molecule has 1 aliphatic heterocycles. The van der Waals surface area contributed by atoms with Crippen LogP contribution in [0.15, 0.2) is 59.5 Å². The first-order chi connectivity index (χ1) is 14.9. The molecule has 1 aliphatic rings. The molecule has 2 aromatic carbocycles. The summed E-state index contributed by atoms with van der Waals surface area (Å²) in [4.78, 5) is 28.5. The van der Waals surface area contributed by atoms with Crippen molar-refractivity contribution in [2.24, 2.45) is 0 Å². The lowest BCUT2D eigenvalue weighted by molar-refractivity contribution is -0.140. The zero-order valence-corrected chi connectivity index (χ0v) is 18.6. The van der Waals surface area contributed by atoms with Crippen molar-refractivity contribution >= 4 is 39.6 Å². The number of hydrogen-bond acceptors (Lipinski definition) is 5. The molecular formula is C25H25NO4S. The molecule has 0 radical (unpaired) electrons. The number of Topliss-reactive ketones (excluding diaryl/α,β-unsaturated/α-hetero) is 1. The number of nitrogens with zero attached hydrogens (tertiary/aromatic N) is 1. The number of fused-ring (bicyclic) bond motifs is 1. The van der Waals surface area contributed by atoms with Crippen molar-refractivity contribution in [1.82, 2.24) is 4.90 Å². The van der Waals surface area contributed by atoms with Crippen LogP contribution in [0.1, 0.15) is 35.9 Å². The van der Waals surface area contributed by atoms with E-state index in [9.17, 15) is 14.7 Å². The maximum atomic E-state index is 13.1. The van der Waals surface area contributed by atoms with Crippen LogP contribution in [0, 0.1) is 6.92 Å². The Balaban J connectivity index is 1.87. The van der Waals surface area contributed by atoms with Crippen molar-refractivity contribution in [2.75, 3.05) is 13.2 Å². The highest BCUT2D eigenvalue weighted by Gasteiger charge is 2.47. The van der Waals surface area contributed by atoms with E-state index in [0.29, 0.717) is 12.2 Å². The molecule has 160 valence electrons. The fourth-order valence-corrected chi connectivity index (χ4v) is 5.06. The van der Waals surface area contributed by atoms with Crippen molar-refractivity contribution in [3.63, 3.8) is 0 Å². The van der Waals surface area contributed by atoms with Crippen molar-refractivity contribution in [3.05, 3.63) is 75.5 Å². The lowest BCUT2D eigenvalue weighted by atomic mass is 9.95. The Hall–Kier alpha value is -2.96. The molecule has 1 unspecified atom stereocenters. The van der Waals surface area contributed by atoms with E-state index < -0.39 is 17.7 Å². The van der Waals surface area contributed by atoms with Crippen molar-refractivity contribution in [3.8, 4) is 0 Å². The number of ether oxygens (including phenoxy) is 1. The van der Waals surface area contributed by atoms with E-state index in [2.05, 4.69) is 0 Å². The van der Waals surface area contributed by atoms with Crippen molar-refractivity contribution in [1.29, 1.82) is 0 Å². The van der Waals surface area contributed by atoms with Gasteiger partial charge in [-0.25, -0.2) is 0 Å². The summed E-state index contributed by atoms with van der Waals surface area (Å²) in [5.41, 5.74) is 1.67. The highest BCUT2D eigenvalue weighted by molar-refractivity contribution is 7.10. The number of aliphatic hydroxyl groups excluding tert-OH is 1. The molecule has 1 fully saturated rings. The average molecular weight is 436 g/mol. The first kappa shape index (κ1) is 21.3. The molecule has 0 aliphatic carbocycles. The molecular weight excluding hydrogens is 410 g/mol. The summed E-state index contributed by atoms with van der Waals surface area (Å²) in [5.74, 6) is -1.40. The number of hydrogen-bond donors (Lipinski definition) is 1. The zero-order valence-electron chi connectivity index (χ0n) is 17.8. The van der Waals surface area contributed by atoms with Crippen molar-refractivity contribution < 1.29 is 19.4 Å². The van der Waals surface area contributed by atoms with Gasteiger partial charge in [-0.1, -0.05) is 42.5 Å². The minimum atomic E-state index is -0.659. The molecule has 1 aromatic heterocycles. The van der Waals surface area contributed by atoms with Gasteiger partial charge >= 0.3 is 0 Å². The first-order valence-corrected chi connectivity index (χ1v) is 11.2. The standard InChI is InChI=1S/C25H25NO4S/c1-15(2)30-13-12-26-21(24-16(3)11-14-31-24)20(23(28)25(26)29)22(27)19-10-6-8-17-7-4-5-9-18(17)19/h4-11,14-15,21,27H,12-13H2,1-3H3/b22-20+. The van der Waals surface area contributed by atoms with E-state index in [0.717, 1.165) is 21.2 Å². The molecule has 0 bridgehead atoms. The number of carbonyl (C=O) groups excluding carboxylic acids is 2. The van der Waals surface area contributed by atoms with Crippen LogP contribution in [-0.4, -0.2) is 41.0 Å². The molecule has 1 atom stereocenters. The van der Waals surface area contributed by atoms with Crippen LogP contribution in [-0.2, 0) is 14.3 Å². The number of amides is 1. The molecule has 2 heterocycles. The molecule has 0 spiro atoms. The molecule has 31 heavy (non-hydrogen) atoms. The number of ketones is 1. The number of thiophene rings is 1. The van der Waals surface area contributed by atoms with Gasteiger partial charge in [0.2, 0.25) is 0 Å². The Bertz CT molecular complexity index is 1170. The highest BCUT2D eigenvalue weighted by Crippen LogP contribution is 2.43. The van der Waals surface area contributed by atoms with Crippen LogP contribution in [0.4, 0.5) is 0 Å². The second-order valence-corrected chi connectivity index (χ2v) is 8.85. The topological polar surface area (TPSA) is 66.8 Å². The highest BCUT2D eigenvalue weighted by atomic mass is 32.1. The Kier molecular flexibility index (Phi) is 5.94. The second-order valence-electron chi connectivity index (χ2n) is 7.91. The van der Waals surface area contributed by atoms with E-state index in [-0.39, 0.29) is 24.0 Å². The van der Waals surface area contributed by atoms with Gasteiger partial charge in [-0.2, -0.15) is 0 Å². The van der Waals surface area contributed by atoms with Crippen LogP contribution in [0.3, 0.4) is 0 Å². The largest absolute Gasteiger partial charge is 0.507 e. The zero-order chi connectivity index (χ0) is 22.1. The van der Waals surface area contributed by atoms with E-state index in [1.807, 2.05) is 68.6 Å². The van der Waals surface area contributed by atoms with Crippen LogP contribution >= 0.6 is 11.3 Å².